The molecule has 7 nitrogen and oxygen atoms in total. The number of nitrogens with zero attached hydrogens (tertiary/aromatic N) is 1. The highest BCUT2D eigenvalue weighted by Gasteiger charge is 2.35. The van der Waals surface area contributed by atoms with E-state index in [0.29, 0.717) is 65.0 Å². The van der Waals surface area contributed by atoms with Gasteiger partial charge in [-0.25, -0.2) is 0 Å². The van der Waals surface area contributed by atoms with Gasteiger partial charge < -0.3 is 9.97 Å². The van der Waals surface area contributed by atoms with Crippen molar-refractivity contribution in [3.05, 3.63) is 114 Å². The van der Waals surface area contributed by atoms with Crippen molar-refractivity contribution in [3.63, 3.8) is 0 Å². The van der Waals surface area contributed by atoms with Gasteiger partial charge in [0, 0.05) is 16.2 Å². The summed E-state index contributed by atoms with van der Waals surface area (Å²) in [5, 5.41) is 2.10. The third-order valence-corrected chi connectivity index (χ3v) is 7.73. The summed E-state index contributed by atoms with van der Waals surface area (Å²) in [6.07, 6.45) is 0. The quantitative estimate of drug-likeness (QED) is 0.215. The minimum absolute atomic E-state index is 0.0980. The molecule has 2 amide bonds. The predicted molar refractivity (Wildman–Crippen MR) is 148 cm³/mol. The molecule has 6 aromatic rings. The molecule has 9 heteroatoms. The number of amides is 2. The number of H-pyrrole nitrogens is 2. The Labute approximate surface area is 223 Å². The molecule has 0 aliphatic carbocycles. The first-order chi connectivity index (χ1) is 18.3. The zero-order valence-electron chi connectivity index (χ0n) is 19.4. The molecular formula is C29H15Cl2N3O4. The summed E-state index contributed by atoms with van der Waals surface area (Å²) < 4.78 is 0. The largest absolute Gasteiger partial charge is 0.353 e. The standard InChI is InChI=1S/C29H15Cl2N3O4/c30-19-7-3-6-16-24(19)32-21-11-18-22(10-17(21)26(16)35)33-25-20(31)9-8-13(23(25)27(18)36)12-34-28(37)14-4-1-2-5-15(14)29(34)38/h1-11H,12H2,(H,32,35)(H,33,36). The van der Waals surface area contributed by atoms with Gasteiger partial charge in [0.15, 0.2) is 10.9 Å². The van der Waals surface area contributed by atoms with E-state index in [9.17, 15) is 19.2 Å². The first-order valence-corrected chi connectivity index (χ1v) is 12.5. The number of benzene rings is 4. The number of imide groups is 1. The van der Waals surface area contributed by atoms with E-state index in [1.807, 2.05) is 0 Å². The number of rotatable bonds is 2. The van der Waals surface area contributed by atoms with E-state index in [4.69, 9.17) is 23.2 Å². The van der Waals surface area contributed by atoms with Crippen LogP contribution in [0.5, 0.6) is 0 Å². The average molecular weight is 540 g/mol. The lowest BCUT2D eigenvalue weighted by Gasteiger charge is -2.16. The number of fused-ring (bicyclic) bond motifs is 5. The van der Waals surface area contributed by atoms with Crippen LogP contribution < -0.4 is 10.9 Å². The average Bonchev–Trinajstić information content (AvgIpc) is 3.15. The van der Waals surface area contributed by atoms with E-state index in [2.05, 4.69) is 9.97 Å². The number of aromatic nitrogens is 2. The van der Waals surface area contributed by atoms with Crippen LogP contribution in [-0.2, 0) is 6.54 Å². The summed E-state index contributed by atoms with van der Waals surface area (Å²) in [6, 6.07) is 18.2. The Morgan fingerprint density at radius 1 is 0.632 bits per heavy atom. The molecule has 0 bridgehead atoms. The van der Waals surface area contributed by atoms with Crippen molar-refractivity contribution in [2.45, 2.75) is 6.54 Å². The van der Waals surface area contributed by atoms with E-state index < -0.39 is 11.8 Å². The van der Waals surface area contributed by atoms with Crippen molar-refractivity contribution >= 4 is 78.6 Å². The minimum atomic E-state index is -0.418. The van der Waals surface area contributed by atoms with Crippen LogP contribution in [0.1, 0.15) is 26.3 Å². The molecule has 0 unspecified atom stereocenters. The van der Waals surface area contributed by atoms with Gasteiger partial charge in [0.05, 0.1) is 55.2 Å². The van der Waals surface area contributed by atoms with Crippen molar-refractivity contribution in [1.29, 1.82) is 0 Å². The molecule has 2 N–H and O–H groups in total. The topological polar surface area (TPSA) is 103 Å². The molecule has 0 saturated heterocycles. The Morgan fingerprint density at radius 2 is 1.24 bits per heavy atom. The highest BCUT2D eigenvalue weighted by Crippen LogP contribution is 2.30. The number of aromatic amines is 2. The van der Waals surface area contributed by atoms with Crippen molar-refractivity contribution in [2.75, 3.05) is 0 Å². The Kier molecular flexibility index (Phi) is 4.79. The van der Waals surface area contributed by atoms with Gasteiger partial charge in [0.1, 0.15) is 0 Å². The van der Waals surface area contributed by atoms with Crippen LogP contribution in [0.3, 0.4) is 0 Å². The molecule has 38 heavy (non-hydrogen) atoms. The number of nitrogens with one attached hydrogen (secondary N) is 2. The van der Waals surface area contributed by atoms with Crippen molar-refractivity contribution < 1.29 is 9.59 Å². The Balaban J connectivity index is 1.47. The molecule has 0 saturated carbocycles. The molecule has 0 spiro atoms. The van der Waals surface area contributed by atoms with Gasteiger partial charge in [-0.1, -0.05) is 47.5 Å². The molecule has 1 aliphatic heterocycles. The van der Waals surface area contributed by atoms with Crippen molar-refractivity contribution in [2.24, 2.45) is 0 Å². The maximum absolute atomic E-state index is 13.9. The van der Waals surface area contributed by atoms with Crippen LogP contribution in [0.15, 0.2) is 76.3 Å². The fourth-order valence-corrected chi connectivity index (χ4v) is 5.69. The van der Waals surface area contributed by atoms with Gasteiger partial charge in [-0.3, -0.25) is 24.1 Å². The zero-order valence-corrected chi connectivity index (χ0v) is 20.9. The van der Waals surface area contributed by atoms with Gasteiger partial charge in [-0.2, -0.15) is 0 Å². The first-order valence-electron chi connectivity index (χ1n) is 11.7. The summed E-state index contributed by atoms with van der Waals surface area (Å²) in [7, 11) is 0. The van der Waals surface area contributed by atoms with Crippen LogP contribution in [0.25, 0.3) is 43.6 Å². The molecule has 184 valence electrons. The number of pyridine rings is 2. The second-order valence-corrected chi connectivity index (χ2v) is 10.0. The van der Waals surface area contributed by atoms with E-state index in [1.54, 1.807) is 66.7 Å². The summed E-state index contributed by atoms with van der Waals surface area (Å²) in [6.45, 7) is -0.0980. The number of halogens is 2. The Bertz CT molecular complexity index is 2150. The second kappa shape index (κ2) is 8.02. The third-order valence-electron chi connectivity index (χ3n) is 7.10. The lowest BCUT2D eigenvalue weighted by Crippen LogP contribution is -2.29. The van der Waals surface area contributed by atoms with E-state index in [0.717, 1.165) is 4.90 Å². The summed E-state index contributed by atoms with van der Waals surface area (Å²) in [5.74, 6) is -0.837. The zero-order chi connectivity index (χ0) is 26.3. The molecule has 0 atom stereocenters. The minimum Gasteiger partial charge on any atom is -0.353 e. The molecule has 4 aromatic carbocycles. The lowest BCUT2D eigenvalue weighted by atomic mass is 10.0. The Morgan fingerprint density at radius 3 is 1.92 bits per heavy atom. The summed E-state index contributed by atoms with van der Waals surface area (Å²) in [5.41, 5.74) is 2.30. The molecule has 0 radical (unpaired) electrons. The maximum atomic E-state index is 13.9. The molecule has 1 aliphatic rings. The summed E-state index contributed by atoms with van der Waals surface area (Å²) in [4.78, 5) is 60.6. The van der Waals surface area contributed by atoms with Crippen LogP contribution in [0.2, 0.25) is 10.0 Å². The van der Waals surface area contributed by atoms with Crippen LogP contribution >= 0.6 is 23.2 Å². The fourth-order valence-electron chi connectivity index (χ4n) is 5.26. The normalized spacial score (nSPS) is 13.4. The van der Waals surface area contributed by atoms with Crippen molar-refractivity contribution in [3.8, 4) is 0 Å². The predicted octanol–water partition coefficient (Wildman–Crippen LogP) is 5.78. The van der Waals surface area contributed by atoms with E-state index in [1.165, 1.54) is 0 Å². The van der Waals surface area contributed by atoms with Gasteiger partial charge in [-0.05, 0) is 48.0 Å². The lowest BCUT2D eigenvalue weighted by molar-refractivity contribution is 0.0643. The summed E-state index contributed by atoms with van der Waals surface area (Å²) >= 11 is 12.8. The first kappa shape index (κ1) is 22.7. The highest BCUT2D eigenvalue weighted by atomic mass is 35.5. The molecule has 7 rings (SSSR count). The number of hydrogen-bond acceptors (Lipinski definition) is 4. The SMILES string of the molecule is O=C1c2ccccc2C(=O)N1Cc1ccc(Cl)c2[nH]c3cc4c(=O)c5cccc(Cl)c5[nH]c4cc3c(=O)c12. The van der Waals surface area contributed by atoms with Crippen LogP contribution in [0, 0.1) is 0 Å². The fraction of sp³-hybridized carbons (Fsp3) is 0.0345. The maximum Gasteiger partial charge on any atom is 0.261 e. The van der Waals surface area contributed by atoms with Crippen LogP contribution in [-0.4, -0.2) is 26.7 Å². The van der Waals surface area contributed by atoms with Gasteiger partial charge in [0.2, 0.25) is 0 Å². The molecular weight excluding hydrogens is 525 g/mol. The van der Waals surface area contributed by atoms with Crippen molar-refractivity contribution in [1.82, 2.24) is 14.9 Å². The molecule has 0 fully saturated rings. The second-order valence-electron chi connectivity index (χ2n) is 9.21. The van der Waals surface area contributed by atoms with E-state index in [-0.39, 0.29) is 22.8 Å². The monoisotopic (exact) mass is 539 g/mol. The smallest absolute Gasteiger partial charge is 0.261 e. The Hall–Kier alpha value is -4.46. The number of hydrogen-bond donors (Lipinski definition) is 2. The highest BCUT2D eigenvalue weighted by molar-refractivity contribution is 6.36. The molecule has 3 heterocycles. The number of para-hydroxylation sites is 1. The van der Waals surface area contributed by atoms with E-state index >= 15 is 0 Å². The van der Waals surface area contributed by atoms with Gasteiger partial charge in [0.25, 0.3) is 11.8 Å². The third kappa shape index (κ3) is 3.09. The molecule has 2 aromatic heterocycles. The number of carbonyl (C=O) groups excluding carboxylic acids is 2. The number of carbonyl (C=O) groups is 2. The van der Waals surface area contributed by atoms with Crippen LogP contribution in [0.4, 0.5) is 0 Å². The van der Waals surface area contributed by atoms with Gasteiger partial charge >= 0.3 is 0 Å². The van der Waals surface area contributed by atoms with Gasteiger partial charge in [-0.15, -0.1) is 0 Å².